The molecule has 7 heteroatoms. The lowest BCUT2D eigenvalue weighted by Gasteiger charge is -2.33. The van der Waals surface area contributed by atoms with Gasteiger partial charge >= 0.3 is 5.97 Å². The zero-order valence-electron chi connectivity index (χ0n) is 11.0. The minimum absolute atomic E-state index is 0.0155. The van der Waals surface area contributed by atoms with Crippen molar-refractivity contribution in [3.63, 3.8) is 0 Å². The van der Waals surface area contributed by atoms with Crippen LogP contribution in [-0.4, -0.2) is 54.8 Å². The van der Waals surface area contributed by atoms with E-state index in [9.17, 15) is 9.59 Å². The first-order valence-electron chi connectivity index (χ1n) is 6.09. The molecule has 0 aromatic heterocycles. The first-order chi connectivity index (χ1) is 9.54. The number of anilines is 1. The Morgan fingerprint density at radius 2 is 2.25 bits per heavy atom. The van der Waals surface area contributed by atoms with Crippen molar-refractivity contribution >= 4 is 17.6 Å². The van der Waals surface area contributed by atoms with Crippen molar-refractivity contribution in [2.24, 2.45) is 0 Å². The minimum atomic E-state index is -1.09. The van der Waals surface area contributed by atoms with E-state index < -0.39 is 17.9 Å². The topological polar surface area (TPSA) is 102 Å². The summed E-state index contributed by atoms with van der Waals surface area (Å²) < 4.78 is 10.2. The molecule has 2 rings (SSSR count). The van der Waals surface area contributed by atoms with Gasteiger partial charge in [0.05, 0.1) is 25.9 Å². The van der Waals surface area contributed by atoms with Crippen molar-refractivity contribution in [2.45, 2.75) is 6.04 Å². The van der Waals surface area contributed by atoms with E-state index in [1.54, 1.807) is 6.07 Å². The Bertz CT molecular complexity index is 531. The van der Waals surface area contributed by atoms with Crippen molar-refractivity contribution in [3.05, 3.63) is 23.8 Å². The van der Waals surface area contributed by atoms with Crippen molar-refractivity contribution in [3.8, 4) is 5.75 Å². The number of benzene rings is 1. The van der Waals surface area contributed by atoms with Gasteiger partial charge in [0.2, 0.25) is 0 Å². The molecular weight excluding hydrogens is 264 g/mol. The van der Waals surface area contributed by atoms with Crippen LogP contribution in [0.2, 0.25) is 0 Å². The second-order valence-electron chi connectivity index (χ2n) is 4.39. The average Bonchev–Trinajstić information content (AvgIpc) is 2.46. The van der Waals surface area contributed by atoms with Crippen molar-refractivity contribution in [1.82, 2.24) is 4.90 Å². The van der Waals surface area contributed by atoms with Crippen molar-refractivity contribution in [1.29, 1.82) is 0 Å². The van der Waals surface area contributed by atoms with Gasteiger partial charge in [0.1, 0.15) is 5.75 Å². The first-order valence-corrected chi connectivity index (χ1v) is 6.09. The lowest BCUT2D eigenvalue weighted by molar-refractivity contribution is -0.147. The molecule has 0 radical (unpaired) electrons. The number of amides is 1. The monoisotopic (exact) mass is 280 g/mol. The molecule has 0 saturated carbocycles. The quantitative estimate of drug-likeness (QED) is 0.767. The van der Waals surface area contributed by atoms with Crippen LogP contribution in [0.1, 0.15) is 10.4 Å². The summed E-state index contributed by atoms with van der Waals surface area (Å²) in [4.78, 5) is 25.0. The number of hydrogen-bond donors (Lipinski definition) is 2. The van der Waals surface area contributed by atoms with Gasteiger partial charge in [-0.2, -0.15) is 0 Å². The fourth-order valence-corrected chi connectivity index (χ4v) is 2.09. The number of carbonyl (C=O) groups is 2. The fraction of sp³-hybridized carbons (Fsp3) is 0.385. The molecule has 1 aromatic rings. The molecule has 1 unspecified atom stereocenters. The van der Waals surface area contributed by atoms with E-state index in [2.05, 4.69) is 0 Å². The standard InChI is InChI=1S/C13H16N2O5/c1-19-11-6-8(14)2-3-9(11)12(16)15-4-5-20-7-10(15)13(17)18/h2-3,6,10H,4-5,7,14H2,1H3,(H,17,18). The predicted octanol–water partition coefficient (Wildman–Crippen LogP) is 0.203. The number of aliphatic carboxylic acids is 1. The number of methoxy groups -OCH3 is 1. The number of nitrogens with two attached hydrogens (primary N) is 1. The number of rotatable bonds is 3. The maximum atomic E-state index is 12.5. The van der Waals surface area contributed by atoms with Crippen LogP contribution in [0.15, 0.2) is 18.2 Å². The number of hydrogen-bond acceptors (Lipinski definition) is 5. The number of carboxylic acids is 1. The Kier molecular flexibility index (Phi) is 4.09. The highest BCUT2D eigenvalue weighted by atomic mass is 16.5. The van der Waals surface area contributed by atoms with Crippen LogP contribution >= 0.6 is 0 Å². The van der Waals surface area contributed by atoms with E-state index in [0.29, 0.717) is 18.0 Å². The molecule has 1 atom stereocenters. The molecule has 7 nitrogen and oxygen atoms in total. The molecule has 1 heterocycles. The van der Waals surface area contributed by atoms with Crippen LogP contribution in [0.5, 0.6) is 5.75 Å². The van der Waals surface area contributed by atoms with Crippen LogP contribution in [0.4, 0.5) is 5.69 Å². The number of carboxylic acid groups (broad SMARTS) is 1. The number of nitrogen functional groups attached to an aromatic ring is 1. The Morgan fingerprint density at radius 3 is 2.90 bits per heavy atom. The second kappa shape index (κ2) is 5.79. The highest BCUT2D eigenvalue weighted by Crippen LogP contribution is 2.24. The van der Waals surface area contributed by atoms with Gasteiger partial charge in [-0.25, -0.2) is 4.79 Å². The number of ether oxygens (including phenoxy) is 2. The molecule has 1 fully saturated rings. The lowest BCUT2D eigenvalue weighted by Crippen LogP contribution is -2.52. The summed E-state index contributed by atoms with van der Waals surface area (Å²) in [7, 11) is 1.43. The molecule has 108 valence electrons. The number of nitrogens with zero attached hydrogens (tertiary/aromatic N) is 1. The van der Waals surface area contributed by atoms with E-state index in [0.717, 1.165) is 0 Å². The molecule has 1 aliphatic rings. The highest BCUT2D eigenvalue weighted by molar-refractivity contribution is 5.99. The Balaban J connectivity index is 2.32. The SMILES string of the molecule is COc1cc(N)ccc1C(=O)N1CCOCC1C(=O)O. The van der Waals surface area contributed by atoms with E-state index in [4.69, 9.17) is 20.3 Å². The van der Waals surface area contributed by atoms with E-state index in [1.807, 2.05) is 0 Å². The second-order valence-corrected chi connectivity index (χ2v) is 4.39. The van der Waals surface area contributed by atoms with Gasteiger partial charge in [-0.15, -0.1) is 0 Å². The Hall–Kier alpha value is -2.28. The third-order valence-electron chi connectivity index (χ3n) is 3.13. The summed E-state index contributed by atoms with van der Waals surface area (Å²) in [6.45, 7) is 0.522. The van der Waals surface area contributed by atoms with Gasteiger partial charge in [0.15, 0.2) is 6.04 Å². The molecule has 1 aliphatic heterocycles. The van der Waals surface area contributed by atoms with Crippen LogP contribution < -0.4 is 10.5 Å². The molecule has 0 spiro atoms. The van der Waals surface area contributed by atoms with Gasteiger partial charge in [0, 0.05) is 18.3 Å². The summed E-state index contributed by atoms with van der Waals surface area (Å²) in [6, 6.07) is 3.65. The molecule has 0 aliphatic carbocycles. The van der Waals surface area contributed by atoms with Gasteiger partial charge in [0.25, 0.3) is 5.91 Å². The van der Waals surface area contributed by atoms with Gasteiger partial charge in [-0.05, 0) is 12.1 Å². The predicted molar refractivity (Wildman–Crippen MR) is 70.7 cm³/mol. The molecule has 1 amide bonds. The normalized spacial score (nSPS) is 18.6. The summed E-state index contributed by atoms with van der Waals surface area (Å²) in [5.74, 6) is -1.17. The molecule has 1 aromatic carbocycles. The first kappa shape index (κ1) is 14.1. The third kappa shape index (κ3) is 2.67. The molecule has 3 N–H and O–H groups in total. The largest absolute Gasteiger partial charge is 0.496 e. The van der Waals surface area contributed by atoms with E-state index >= 15 is 0 Å². The van der Waals surface area contributed by atoms with Gasteiger partial charge in [-0.3, -0.25) is 4.79 Å². The number of carbonyl (C=O) groups excluding carboxylic acids is 1. The zero-order valence-corrected chi connectivity index (χ0v) is 11.0. The highest BCUT2D eigenvalue weighted by Gasteiger charge is 2.34. The van der Waals surface area contributed by atoms with Crippen molar-refractivity contribution < 1.29 is 24.2 Å². The van der Waals surface area contributed by atoms with E-state index in [1.165, 1.54) is 24.1 Å². The Labute approximate surface area is 115 Å². The van der Waals surface area contributed by atoms with Crippen LogP contribution in [0.25, 0.3) is 0 Å². The lowest BCUT2D eigenvalue weighted by atomic mass is 10.1. The average molecular weight is 280 g/mol. The summed E-state index contributed by atoms with van der Waals surface area (Å²) in [5, 5.41) is 9.15. The maximum Gasteiger partial charge on any atom is 0.328 e. The smallest absolute Gasteiger partial charge is 0.328 e. The maximum absolute atomic E-state index is 12.5. The van der Waals surface area contributed by atoms with Gasteiger partial charge < -0.3 is 25.2 Å². The third-order valence-corrected chi connectivity index (χ3v) is 3.13. The molecule has 1 saturated heterocycles. The van der Waals surface area contributed by atoms with Gasteiger partial charge in [-0.1, -0.05) is 0 Å². The molecule has 20 heavy (non-hydrogen) atoms. The van der Waals surface area contributed by atoms with Crippen LogP contribution in [0.3, 0.4) is 0 Å². The Morgan fingerprint density at radius 1 is 1.50 bits per heavy atom. The summed E-state index contributed by atoms with van der Waals surface area (Å²) in [5.41, 5.74) is 6.39. The van der Waals surface area contributed by atoms with Crippen LogP contribution in [0, 0.1) is 0 Å². The van der Waals surface area contributed by atoms with Crippen molar-refractivity contribution in [2.75, 3.05) is 32.6 Å². The summed E-state index contributed by atoms with van der Waals surface area (Å²) >= 11 is 0. The molecule has 0 bridgehead atoms. The minimum Gasteiger partial charge on any atom is -0.496 e. The molecular formula is C13H16N2O5. The fourth-order valence-electron chi connectivity index (χ4n) is 2.09. The van der Waals surface area contributed by atoms with Crippen LogP contribution in [-0.2, 0) is 9.53 Å². The number of morpholine rings is 1. The summed E-state index contributed by atoms with van der Waals surface area (Å²) in [6.07, 6.45) is 0. The zero-order chi connectivity index (χ0) is 14.7. The van der Waals surface area contributed by atoms with E-state index in [-0.39, 0.29) is 18.7 Å².